The molecule has 236 valence electrons. The number of methoxy groups -OCH3 is 1. The Labute approximate surface area is 275 Å². The van der Waals surface area contributed by atoms with Crippen molar-refractivity contribution in [3.05, 3.63) is 111 Å². The Morgan fingerprint density at radius 2 is 1.58 bits per heavy atom. The van der Waals surface area contributed by atoms with Gasteiger partial charge in [0.15, 0.2) is 0 Å². The lowest BCUT2D eigenvalue weighted by Crippen LogP contribution is -2.29. The summed E-state index contributed by atoms with van der Waals surface area (Å²) in [7, 11) is 1.68. The Balaban J connectivity index is 1.35. The third-order valence-corrected chi connectivity index (χ3v) is 8.78. The van der Waals surface area contributed by atoms with E-state index in [-0.39, 0.29) is 42.8 Å². The highest BCUT2D eigenvalue weighted by Crippen LogP contribution is 2.46. The highest BCUT2D eigenvalue weighted by molar-refractivity contribution is 6.34. The van der Waals surface area contributed by atoms with Crippen molar-refractivity contribution in [1.82, 2.24) is 10.2 Å². The minimum atomic E-state index is -0.550. The van der Waals surface area contributed by atoms with Crippen LogP contribution in [0, 0.1) is 0 Å². The molecule has 3 atom stereocenters. The number of nitrogens with zero attached hydrogens (tertiary/aromatic N) is 1. The number of hydrogen-bond donors (Lipinski definition) is 1. The summed E-state index contributed by atoms with van der Waals surface area (Å²) < 4.78 is 10.7. The number of halogens is 2. The minimum Gasteiger partial charge on any atom is -0.497 e. The average molecular weight is 648 g/mol. The van der Waals surface area contributed by atoms with Crippen molar-refractivity contribution in [3.63, 3.8) is 0 Å². The number of hydrogen-bond acceptors (Lipinski definition) is 5. The van der Waals surface area contributed by atoms with E-state index in [2.05, 4.69) is 47.5 Å². The number of benzene rings is 4. The highest BCUT2D eigenvalue weighted by Gasteiger charge is 2.37. The molecule has 0 saturated carbocycles. The lowest BCUT2D eigenvalue weighted by atomic mass is 9.93. The molecule has 0 bridgehead atoms. The van der Waals surface area contributed by atoms with Gasteiger partial charge in [0.1, 0.15) is 11.4 Å². The van der Waals surface area contributed by atoms with Gasteiger partial charge < -0.3 is 14.8 Å². The van der Waals surface area contributed by atoms with E-state index in [4.69, 9.17) is 32.7 Å². The summed E-state index contributed by atoms with van der Waals surface area (Å²) in [5, 5.41) is 6.40. The average Bonchev–Trinajstić information content (AvgIpc) is 3.44. The molecule has 0 spiro atoms. The van der Waals surface area contributed by atoms with E-state index in [0.29, 0.717) is 15.6 Å². The lowest BCUT2D eigenvalue weighted by molar-refractivity contribution is -0.154. The summed E-state index contributed by atoms with van der Waals surface area (Å²) in [4.78, 5) is 27.3. The molecule has 6 nitrogen and oxygen atoms in total. The number of ether oxygens (including phenoxy) is 2. The molecule has 1 fully saturated rings. The molecule has 1 aliphatic heterocycles. The van der Waals surface area contributed by atoms with E-state index in [0.717, 1.165) is 40.6 Å². The zero-order valence-corrected chi connectivity index (χ0v) is 27.9. The summed E-state index contributed by atoms with van der Waals surface area (Å²) in [6.45, 7) is 8.72. The molecule has 8 heteroatoms. The summed E-state index contributed by atoms with van der Waals surface area (Å²) >= 11 is 12.8. The maximum Gasteiger partial charge on any atom is 0.308 e. The normalized spacial score (nSPS) is 17.7. The van der Waals surface area contributed by atoms with E-state index < -0.39 is 5.60 Å². The van der Waals surface area contributed by atoms with Gasteiger partial charge in [-0.1, -0.05) is 53.5 Å². The van der Waals surface area contributed by atoms with Crippen molar-refractivity contribution >= 4 is 45.9 Å². The van der Waals surface area contributed by atoms with Crippen LogP contribution >= 0.6 is 23.2 Å². The van der Waals surface area contributed by atoms with Crippen LogP contribution in [0.3, 0.4) is 0 Å². The molecule has 5 rings (SSSR count). The maximum atomic E-state index is 12.8. The first-order chi connectivity index (χ1) is 21.4. The molecule has 4 aromatic carbocycles. The van der Waals surface area contributed by atoms with Gasteiger partial charge in [0.05, 0.1) is 13.5 Å². The number of esters is 1. The molecule has 0 radical (unpaired) electrons. The largest absolute Gasteiger partial charge is 0.497 e. The molecule has 1 unspecified atom stereocenters. The molecule has 45 heavy (non-hydrogen) atoms. The minimum absolute atomic E-state index is 0.0745. The van der Waals surface area contributed by atoms with Gasteiger partial charge in [-0.25, -0.2) is 0 Å². The number of rotatable bonds is 9. The Bertz CT molecular complexity index is 1660. The SMILES string of the molecule is COc1ccc2cc([C@H]3C[C@H](c4cc(Cl)cc(Cl)c4)CN3C(C)c3ccc(C(=O)NCCC(=O)OC(C)(C)C)cc3)ccc2c1. The first-order valence-corrected chi connectivity index (χ1v) is 16.1. The third kappa shape index (κ3) is 8.18. The van der Waals surface area contributed by atoms with Crippen molar-refractivity contribution in [2.24, 2.45) is 0 Å². The summed E-state index contributed by atoms with van der Waals surface area (Å²) in [6.07, 6.45) is 1.04. The van der Waals surface area contributed by atoms with Gasteiger partial charge in [0, 0.05) is 40.8 Å². The maximum absolute atomic E-state index is 12.8. The quantitative estimate of drug-likeness (QED) is 0.184. The second-order valence-corrected chi connectivity index (χ2v) is 13.6. The number of likely N-dealkylation sites (tertiary alicyclic amines) is 1. The van der Waals surface area contributed by atoms with Gasteiger partial charge in [-0.05, 0) is 116 Å². The number of fused-ring (bicyclic) bond motifs is 1. The molecule has 1 amide bonds. The van der Waals surface area contributed by atoms with E-state index in [1.807, 2.05) is 63.2 Å². The van der Waals surface area contributed by atoms with Crippen LogP contribution in [0.2, 0.25) is 10.0 Å². The van der Waals surface area contributed by atoms with Gasteiger partial charge in [0.2, 0.25) is 0 Å². The molecule has 0 aliphatic carbocycles. The predicted molar refractivity (Wildman–Crippen MR) is 181 cm³/mol. The third-order valence-electron chi connectivity index (χ3n) is 8.34. The van der Waals surface area contributed by atoms with Crippen molar-refractivity contribution in [1.29, 1.82) is 0 Å². The number of nitrogens with one attached hydrogen (secondary N) is 1. The molecular weight excluding hydrogens is 607 g/mol. The zero-order valence-electron chi connectivity index (χ0n) is 26.4. The Morgan fingerprint density at radius 1 is 0.911 bits per heavy atom. The van der Waals surface area contributed by atoms with Gasteiger partial charge in [-0.15, -0.1) is 0 Å². The fraction of sp³-hybridized carbons (Fsp3) is 0.351. The van der Waals surface area contributed by atoms with Crippen molar-refractivity contribution < 1.29 is 19.1 Å². The second-order valence-electron chi connectivity index (χ2n) is 12.7. The van der Waals surface area contributed by atoms with E-state index in [1.54, 1.807) is 13.2 Å². The van der Waals surface area contributed by atoms with Gasteiger partial charge in [0.25, 0.3) is 5.91 Å². The zero-order chi connectivity index (χ0) is 32.3. The Morgan fingerprint density at radius 3 is 2.24 bits per heavy atom. The summed E-state index contributed by atoms with van der Waals surface area (Å²) in [5.41, 5.74) is 3.49. The molecule has 1 heterocycles. The predicted octanol–water partition coefficient (Wildman–Crippen LogP) is 8.91. The van der Waals surface area contributed by atoms with Crippen LogP contribution in [-0.4, -0.2) is 42.6 Å². The first kappa shape index (κ1) is 32.8. The van der Waals surface area contributed by atoms with E-state index in [1.165, 1.54) is 5.56 Å². The monoisotopic (exact) mass is 646 g/mol. The molecule has 4 aromatic rings. The van der Waals surface area contributed by atoms with Gasteiger partial charge in [-0.3, -0.25) is 14.5 Å². The summed E-state index contributed by atoms with van der Waals surface area (Å²) in [6, 6.07) is 26.6. The topological polar surface area (TPSA) is 67.9 Å². The molecular formula is C37H40Cl2N2O4. The van der Waals surface area contributed by atoms with Gasteiger partial charge >= 0.3 is 5.97 Å². The molecule has 1 saturated heterocycles. The fourth-order valence-electron chi connectivity index (χ4n) is 6.12. The van der Waals surface area contributed by atoms with Crippen molar-refractivity contribution in [2.75, 3.05) is 20.2 Å². The molecule has 0 aromatic heterocycles. The molecule has 1 N–H and O–H groups in total. The van der Waals surface area contributed by atoms with E-state index in [9.17, 15) is 9.59 Å². The second kappa shape index (κ2) is 13.8. The Kier molecular flexibility index (Phi) is 10.1. The smallest absolute Gasteiger partial charge is 0.308 e. The number of carbonyl (C=O) groups excluding carboxylic acids is 2. The standard InChI is InChI=1S/C37H40Cl2N2O4/c1-23(24-6-8-25(9-7-24)36(43)40-15-14-35(42)45-37(2,3)4)41-22-30(29-17-31(38)21-32(39)18-29)20-34(41)28-11-10-27-19-33(44-5)13-12-26(27)16-28/h6-13,16-19,21,23,30,34H,14-15,20,22H2,1-5H3,(H,40,43)/t23?,30-,34+/m0/s1. The van der Waals surface area contributed by atoms with Gasteiger partial charge in [-0.2, -0.15) is 0 Å². The van der Waals surface area contributed by atoms with Crippen LogP contribution in [0.15, 0.2) is 78.9 Å². The van der Waals surface area contributed by atoms with Crippen LogP contribution in [-0.2, 0) is 9.53 Å². The van der Waals surface area contributed by atoms with E-state index >= 15 is 0 Å². The van der Waals surface area contributed by atoms with Crippen LogP contribution in [0.5, 0.6) is 5.75 Å². The number of carbonyl (C=O) groups is 2. The van der Waals surface area contributed by atoms with Crippen molar-refractivity contribution in [2.45, 2.75) is 64.1 Å². The van der Waals surface area contributed by atoms with Crippen LogP contribution in [0.1, 0.15) is 85.6 Å². The molecule has 1 aliphatic rings. The Hall–Kier alpha value is -3.58. The lowest BCUT2D eigenvalue weighted by Gasteiger charge is -2.31. The van der Waals surface area contributed by atoms with Crippen LogP contribution in [0.4, 0.5) is 0 Å². The summed E-state index contributed by atoms with van der Waals surface area (Å²) in [5.74, 6) is 0.527. The first-order valence-electron chi connectivity index (χ1n) is 15.3. The number of amides is 1. The van der Waals surface area contributed by atoms with Crippen LogP contribution < -0.4 is 10.1 Å². The van der Waals surface area contributed by atoms with Crippen molar-refractivity contribution in [3.8, 4) is 5.75 Å². The fourth-order valence-corrected chi connectivity index (χ4v) is 6.67. The highest BCUT2D eigenvalue weighted by atomic mass is 35.5. The van der Waals surface area contributed by atoms with Crippen LogP contribution in [0.25, 0.3) is 10.8 Å².